The SMILES string of the molecule is CCCCOC(=O)c1cc(-c2ccc(/C=C3/C(=O)N(C[C@H](C)O)C(=O)C(C#N)=C3C)o2)ccc1Cl. The van der Waals surface area contributed by atoms with E-state index >= 15 is 0 Å². The van der Waals surface area contributed by atoms with Gasteiger partial charge in [0, 0.05) is 11.1 Å². The average Bonchev–Trinajstić information content (AvgIpc) is 3.29. The maximum absolute atomic E-state index is 13.0. The highest BCUT2D eigenvalue weighted by atomic mass is 35.5. The van der Waals surface area contributed by atoms with E-state index in [1.807, 2.05) is 13.0 Å². The molecule has 35 heavy (non-hydrogen) atoms. The third-order valence-electron chi connectivity index (χ3n) is 5.39. The first kappa shape index (κ1) is 25.9. The van der Waals surface area contributed by atoms with Crippen LogP contribution in [0.4, 0.5) is 0 Å². The fourth-order valence-corrected chi connectivity index (χ4v) is 3.70. The Labute approximate surface area is 208 Å². The smallest absolute Gasteiger partial charge is 0.339 e. The Morgan fingerprint density at radius 1 is 1.29 bits per heavy atom. The highest BCUT2D eigenvalue weighted by molar-refractivity contribution is 6.33. The van der Waals surface area contributed by atoms with Crippen LogP contribution in [0.3, 0.4) is 0 Å². The lowest BCUT2D eigenvalue weighted by molar-refractivity contribution is -0.141. The number of rotatable bonds is 8. The van der Waals surface area contributed by atoms with E-state index in [-0.39, 0.29) is 33.9 Å². The van der Waals surface area contributed by atoms with E-state index in [2.05, 4.69) is 0 Å². The summed E-state index contributed by atoms with van der Waals surface area (Å²) in [4.78, 5) is 38.7. The summed E-state index contributed by atoms with van der Waals surface area (Å²) in [5, 5.41) is 19.4. The van der Waals surface area contributed by atoms with Crippen LogP contribution >= 0.6 is 11.6 Å². The Morgan fingerprint density at radius 2 is 2.03 bits per heavy atom. The number of benzene rings is 1. The minimum Gasteiger partial charge on any atom is -0.462 e. The van der Waals surface area contributed by atoms with Crippen molar-refractivity contribution in [3.8, 4) is 17.4 Å². The van der Waals surface area contributed by atoms with Crippen molar-refractivity contribution in [2.24, 2.45) is 0 Å². The van der Waals surface area contributed by atoms with E-state index in [0.29, 0.717) is 23.7 Å². The molecule has 0 saturated heterocycles. The molecule has 1 aliphatic heterocycles. The third kappa shape index (κ3) is 5.70. The molecule has 0 radical (unpaired) electrons. The molecule has 9 heteroatoms. The summed E-state index contributed by atoms with van der Waals surface area (Å²) in [6.45, 7) is 5.01. The van der Waals surface area contributed by atoms with Gasteiger partial charge in [0.05, 0.1) is 29.8 Å². The van der Waals surface area contributed by atoms with Crippen molar-refractivity contribution < 1.29 is 28.6 Å². The van der Waals surface area contributed by atoms with Gasteiger partial charge in [0.1, 0.15) is 23.2 Å². The van der Waals surface area contributed by atoms with Gasteiger partial charge in [0.15, 0.2) is 0 Å². The molecule has 0 unspecified atom stereocenters. The highest BCUT2D eigenvalue weighted by Crippen LogP contribution is 2.31. The van der Waals surface area contributed by atoms with Gasteiger partial charge >= 0.3 is 5.97 Å². The summed E-state index contributed by atoms with van der Waals surface area (Å²) in [6, 6.07) is 9.96. The first-order valence-corrected chi connectivity index (χ1v) is 11.5. The summed E-state index contributed by atoms with van der Waals surface area (Å²) in [5.41, 5.74) is 0.952. The minimum atomic E-state index is -0.953. The molecule has 1 atom stereocenters. The molecule has 2 heterocycles. The van der Waals surface area contributed by atoms with E-state index in [9.17, 15) is 24.8 Å². The van der Waals surface area contributed by atoms with Crippen LogP contribution in [0.15, 0.2) is 51.5 Å². The lowest BCUT2D eigenvalue weighted by atomic mass is 9.94. The largest absolute Gasteiger partial charge is 0.462 e. The molecule has 0 fully saturated rings. The molecule has 0 spiro atoms. The number of hydrogen-bond acceptors (Lipinski definition) is 7. The molecule has 0 saturated carbocycles. The van der Waals surface area contributed by atoms with Gasteiger partial charge in [-0.3, -0.25) is 14.5 Å². The zero-order valence-electron chi connectivity index (χ0n) is 19.6. The number of carbonyl (C=O) groups is 3. The highest BCUT2D eigenvalue weighted by Gasteiger charge is 2.36. The fraction of sp³-hybridized carbons (Fsp3) is 0.308. The number of unbranched alkanes of at least 4 members (excludes halogenated alkanes) is 1. The van der Waals surface area contributed by atoms with Gasteiger partial charge in [-0.25, -0.2) is 4.79 Å². The van der Waals surface area contributed by atoms with Crippen molar-refractivity contribution in [2.75, 3.05) is 13.2 Å². The van der Waals surface area contributed by atoms with Crippen molar-refractivity contribution in [1.82, 2.24) is 4.90 Å². The lowest BCUT2D eigenvalue weighted by Gasteiger charge is -2.28. The minimum absolute atomic E-state index is 0.110. The molecular weight excluding hydrogens is 472 g/mol. The van der Waals surface area contributed by atoms with E-state index in [1.54, 1.807) is 30.3 Å². The predicted molar refractivity (Wildman–Crippen MR) is 129 cm³/mol. The molecule has 3 rings (SSSR count). The van der Waals surface area contributed by atoms with Gasteiger partial charge < -0.3 is 14.3 Å². The second-order valence-corrected chi connectivity index (χ2v) is 8.53. The monoisotopic (exact) mass is 496 g/mol. The average molecular weight is 497 g/mol. The molecular formula is C26H25ClN2O6. The Balaban J connectivity index is 1.94. The van der Waals surface area contributed by atoms with Crippen molar-refractivity contribution in [3.05, 3.63) is 63.4 Å². The molecule has 2 amide bonds. The van der Waals surface area contributed by atoms with Crippen LogP contribution in [0.1, 0.15) is 49.7 Å². The van der Waals surface area contributed by atoms with Crippen LogP contribution in [0.5, 0.6) is 0 Å². The number of ether oxygens (including phenoxy) is 1. The number of nitriles is 1. The number of halogens is 1. The number of amides is 2. The maximum atomic E-state index is 13.0. The van der Waals surface area contributed by atoms with Crippen LogP contribution in [0.25, 0.3) is 17.4 Å². The number of β-amino-alcohol motifs (C(OH)–C–C–N with tert-alkyl or cyclic N) is 1. The number of furan rings is 1. The molecule has 0 bridgehead atoms. The van der Waals surface area contributed by atoms with Gasteiger partial charge in [-0.1, -0.05) is 24.9 Å². The molecule has 8 nitrogen and oxygen atoms in total. The van der Waals surface area contributed by atoms with E-state index in [4.69, 9.17) is 20.8 Å². The quantitative estimate of drug-likeness (QED) is 0.246. The summed E-state index contributed by atoms with van der Waals surface area (Å²) >= 11 is 6.19. The third-order valence-corrected chi connectivity index (χ3v) is 5.72. The number of imide groups is 1. The summed E-state index contributed by atoms with van der Waals surface area (Å²) in [7, 11) is 0. The lowest BCUT2D eigenvalue weighted by Crippen LogP contribution is -2.45. The van der Waals surface area contributed by atoms with Crippen LogP contribution in [-0.2, 0) is 14.3 Å². The van der Waals surface area contributed by atoms with Crippen molar-refractivity contribution in [3.63, 3.8) is 0 Å². The van der Waals surface area contributed by atoms with Crippen LogP contribution in [-0.4, -0.2) is 47.0 Å². The van der Waals surface area contributed by atoms with Crippen LogP contribution in [0.2, 0.25) is 5.02 Å². The summed E-state index contributed by atoms with van der Waals surface area (Å²) in [5.74, 6) is -1.19. The Morgan fingerprint density at radius 3 is 2.69 bits per heavy atom. The molecule has 1 aromatic heterocycles. The zero-order chi connectivity index (χ0) is 25.7. The maximum Gasteiger partial charge on any atom is 0.339 e. The summed E-state index contributed by atoms with van der Waals surface area (Å²) in [6.07, 6.45) is 2.13. The number of nitrogens with zero attached hydrogens (tertiary/aromatic N) is 2. The van der Waals surface area contributed by atoms with Crippen LogP contribution < -0.4 is 0 Å². The first-order valence-electron chi connectivity index (χ1n) is 11.1. The van der Waals surface area contributed by atoms with E-state index in [1.165, 1.54) is 19.9 Å². The predicted octanol–water partition coefficient (Wildman–Crippen LogP) is 4.53. The second kappa shape index (κ2) is 11.2. The van der Waals surface area contributed by atoms with Gasteiger partial charge in [-0.2, -0.15) is 5.26 Å². The van der Waals surface area contributed by atoms with E-state index < -0.39 is 23.9 Å². The molecule has 1 N–H and O–H groups in total. The number of esters is 1. The Hall–Kier alpha value is -3.67. The number of hydrogen-bond donors (Lipinski definition) is 1. The van der Waals surface area contributed by atoms with E-state index in [0.717, 1.165) is 17.7 Å². The first-order chi connectivity index (χ1) is 16.7. The normalized spacial score (nSPS) is 16.0. The number of aliphatic hydroxyl groups is 1. The zero-order valence-corrected chi connectivity index (χ0v) is 20.4. The van der Waals surface area contributed by atoms with Gasteiger partial charge in [-0.15, -0.1) is 0 Å². The van der Waals surface area contributed by atoms with Crippen molar-refractivity contribution in [1.29, 1.82) is 5.26 Å². The Bertz CT molecular complexity index is 1260. The number of aliphatic hydroxyl groups excluding tert-OH is 1. The molecule has 2 aromatic rings. The molecule has 0 aliphatic carbocycles. The number of carbonyl (C=O) groups excluding carboxylic acids is 3. The standard InChI is InChI=1S/C26H25ClN2O6/c1-4-5-10-34-26(33)20-11-17(6-8-22(20)27)23-9-7-18(35-23)12-19-16(3)21(13-28)25(32)29(24(19)31)14-15(2)30/h6-9,11-12,15,30H,4-5,10,14H2,1-3H3/b19-12+/t15-/m0/s1. The topological polar surface area (TPSA) is 121 Å². The molecule has 182 valence electrons. The van der Waals surface area contributed by atoms with Gasteiger partial charge in [0.25, 0.3) is 11.8 Å². The van der Waals surface area contributed by atoms with Crippen molar-refractivity contribution in [2.45, 2.75) is 39.7 Å². The van der Waals surface area contributed by atoms with Crippen molar-refractivity contribution >= 4 is 35.5 Å². The Kier molecular flexibility index (Phi) is 8.28. The second-order valence-electron chi connectivity index (χ2n) is 8.13. The van der Waals surface area contributed by atoms with Gasteiger partial charge in [0.2, 0.25) is 0 Å². The molecule has 1 aromatic carbocycles. The molecule has 1 aliphatic rings. The van der Waals surface area contributed by atoms with Crippen LogP contribution in [0, 0.1) is 11.3 Å². The fourth-order valence-electron chi connectivity index (χ4n) is 3.51. The summed E-state index contributed by atoms with van der Waals surface area (Å²) < 4.78 is 11.1. The van der Waals surface area contributed by atoms with Gasteiger partial charge in [-0.05, 0) is 62.2 Å².